The molecule has 1 aromatic carbocycles. The monoisotopic (exact) mass is 240 g/mol. The highest BCUT2D eigenvalue weighted by atomic mass is 32.2. The Bertz CT molecular complexity index is 380. The number of rotatable bonds is 5. The molecule has 0 saturated heterocycles. The van der Waals surface area contributed by atoms with Crippen molar-refractivity contribution < 1.29 is 4.92 Å². The SMILES string of the molecule is CSC(C)(C)CNc1cccc([N+](=O)[O-])c1. The van der Waals surface area contributed by atoms with Crippen LogP contribution in [0.4, 0.5) is 11.4 Å². The summed E-state index contributed by atoms with van der Waals surface area (Å²) in [6.07, 6.45) is 2.05. The molecular weight excluding hydrogens is 224 g/mol. The van der Waals surface area contributed by atoms with E-state index in [1.165, 1.54) is 6.07 Å². The fourth-order valence-corrected chi connectivity index (χ4v) is 1.33. The number of nitro benzene ring substituents is 1. The molecule has 0 heterocycles. The maximum atomic E-state index is 10.6. The van der Waals surface area contributed by atoms with E-state index in [1.807, 2.05) is 6.07 Å². The predicted octanol–water partition coefficient (Wildman–Crippen LogP) is 3.15. The molecule has 0 unspecified atom stereocenters. The minimum Gasteiger partial charge on any atom is -0.383 e. The van der Waals surface area contributed by atoms with Crippen molar-refractivity contribution in [2.24, 2.45) is 0 Å². The topological polar surface area (TPSA) is 55.2 Å². The fourth-order valence-electron chi connectivity index (χ4n) is 1.12. The van der Waals surface area contributed by atoms with Gasteiger partial charge in [0.05, 0.1) is 4.92 Å². The number of thioether (sulfide) groups is 1. The number of nitrogens with one attached hydrogen (secondary N) is 1. The van der Waals surface area contributed by atoms with Crippen LogP contribution < -0.4 is 5.32 Å². The molecule has 88 valence electrons. The number of anilines is 1. The van der Waals surface area contributed by atoms with E-state index < -0.39 is 0 Å². The Kier molecular flexibility index (Phi) is 4.18. The summed E-state index contributed by atoms with van der Waals surface area (Å²) < 4.78 is 0.116. The molecule has 0 aliphatic heterocycles. The van der Waals surface area contributed by atoms with Crippen LogP contribution in [0, 0.1) is 10.1 Å². The van der Waals surface area contributed by atoms with Gasteiger partial charge in [-0.15, -0.1) is 0 Å². The minimum atomic E-state index is -0.384. The van der Waals surface area contributed by atoms with Gasteiger partial charge in [0.2, 0.25) is 0 Å². The summed E-state index contributed by atoms with van der Waals surface area (Å²) in [4.78, 5) is 10.2. The van der Waals surface area contributed by atoms with Crippen LogP contribution in [0.3, 0.4) is 0 Å². The molecule has 0 aliphatic carbocycles. The number of nitro groups is 1. The van der Waals surface area contributed by atoms with E-state index in [-0.39, 0.29) is 15.4 Å². The van der Waals surface area contributed by atoms with E-state index in [4.69, 9.17) is 0 Å². The van der Waals surface area contributed by atoms with Crippen molar-refractivity contribution in [1.82, 2.24) is 0 Å². The van der Waals surface area contributed by atoms with Crippen LogP contribution in [0.1, 0.15) is 13.8 Å². The van der Waals surface area contributed by atoms with Crippen molar-refractivity contribution >= 4 is 23.1 Å². The lowest BCUT2D eigenvalue weighted by molar-refractivity contribution is -0.384. The third kappa shape index (κ3) is 3.73. The van der Waals surface area contributed by atoms with Crippen LogP contribution >= 0.6 is 11.8 Å². The van der Waals surface area contributed by atoms with Crippen molar-refractivity contribution in [2.45, 2.75) is 18.6 Å². The number of benzene rings is 1. The summed E-state index contributed by atoms with van der Waals surface area (Å²) >= 11 is 1.76. The van der Waals surface area contributed by atoms with Crippen LogP contribution in [0.2, 0.25) is 0 Å². The second kappa shape index (κ2) is 5.21. The van der Waals surface area contributed by atoms with Gasteiger partial charge >= 0.3 is 0 Å². The standard InChI is InChI=1S/C11H16N2O2S/c1-11(2,16-3)8-12-9-5-4-6-10(7-9)13(14)15/h4-7,12H,8H2,1-3H3. The fraction of sp³-hybridized carbons (Fsp3) is 0.455. The van der Waals surface area contributed by atoms with Gasteiger partial charge < -0.3 is 5.32 Å². The lowest BCUT2D eigenvalue weighted by Gasteiger charge is -2.22. The summed E-state index contributed by atoms with van der Waals surface area (Å²) in [6.45, 7) is 5.03. The lowest BCUT2D eigenvalue weighted by atomic mass is 10.2. The summed E-state index contributed by atoms with van der Waals surface area (Å²) in [5.74, 6) is 0. The van der Waals surface area contributed by atoms with Crippen LogP contribution in [0.5, 0.6) is 0 Å². The van der Waals surface area contributed by atoms with Gasteiger partial charge in [0.1, 0.15) is 0 Å². The van der Waals surface area contributed by atoms with Crippen molar-refractivity contribution in [1.29, 1.82) is 0 Å². The van der Waals surface area contributed by atoms with Crippen molar-refractivity contribution in [2.75, 3.05) is 18.1 Å². The molecule has 16 heavy (non-hydrogen) atoms. The molecule has 0 bridgehead atoms. The quantitative estimate of drug-likeness (QED) is 0.634. The van der Waals surface area contributed by atoms with Gasteiger partial charge in [-0.2, -0.15) is 11.8 Å². The Balaban J connectivity index is 2.68. The van der Waals surface area contributed by atoms with Gasteiger partial charge in [-0.05, 0) is 26.2 Å². The average Bonchev–Trinajstić information content (AvgIpc) is 2.27. The highest BCUT2D eigenvalue weighted by Crippen LogP contribution is 2.23. The third-order valence-corrected chi connectivity index (χ3v) is 3.58. The third-order valence-electron chi connectivity index (χ3n) is 2.33. The van der Waals surface area contributed by atoms with E-state index in [9.17, 15) is 10.1 Å². The molecule has 5 heteroatoms. The number of non-ortho nitro benzene ring substituents is 1. The van der Waals surface area contributed by atoms with Gasteiger partial charge in [0, 0.05) is 29.1 Å². The highest BCUT2D eigenvalue weighted by Gasteiger charge is 2.15. The lowest BCUT2D eigenvalue weighted by Crippen LogP contribution is -2.25. The molecule has 0 atom stereocenters. The molecule has 1 aromatic rings. The van der Waals surface area contributed by atoms with Crippen LogP contribution in [0.15, 0.2) is 24.3 Å². The Morgan fingerprint density at radius 3 is 2.75 bits per heavy atom. The Morgan fingerprint density at radius 2 is 2.19 bits per heavy atom. The smallest absolute Gasteiger partial charge is 0.271 e. The van der Waals surface area contributed by atoms with Crippen molar-refractivity contribution in [3.63, 3.8) is 0 Å². The van der Waals surface area contributed by atoms with E-state index in [0.717, 1.165) is 12.2 Å². The maximum absolute atomic E-state index is 10.6. The molecule has 0 radical (unpaired) electrons. The number of hydrogen-bond acceptors (Lipinski definition) is 4. The first-order chi connectivity index (χ1) is 7.44. The van der Waals surface area contributed by atoms with Gasteiger partial charge in [0.15, 0.2) is 0 Å². The zero-order valence-electron chi connectivity index (χ0n) is 9.69. The summed E-state index contributed by atoms with van der Waals surface area (Å²) in [6, 6.07) is 6.57. The largest absolute Gasteiger partial charge is 0.383 e. The molecule has 0 amide bonds. The molecule has 1 N–H and O–H groups in total. The maximum Gasteiger partial charge on any atom is 0.271 e. The van der Waals surface area contributed by atoms with Gasteiger partial charge in [-0.25, -0.2) is 0 Å². The molecule has 0 spiro atoms. The van der Waals surface area contributed by atoms with Gasteiger partial charge in [0.25, 0.3) is 5.69 Å². The molecular formula is C11H16N2O2S. The van der Waals surface area contributed by atoms with Crippen molar-refractivity contribution in [3.8, 4) is 0 Å². The van der Waals surface area contributed by atoms with Crippen LogP contribution in [0.25, 0.3) is 0 Å². The Hall–Kier alpha value is -1.23. The molecule has 0 fully saturated rings. The normalized spacial score (nSPS) is 11.2. The molecule has 0 aliphatic rings. The first-order valence-electron chi connectivity index (χ1n) is 4.98. The molecule has 0 saturated carbocycles. The van der Waals surface area contributed by atoms with Gasteiger partial charge in [-0.1, -0.05) is 6.07 Å². The highest BCUT2D eigenvalue weighted by molar-refractivity contribution is 7.99. The van der Waals surface area contributed by atoms with E-state index in [0.29, 0.717) is 0 Å². The van der Waals surface area contributed by atoms with Crippen LogP contribution in [-0.2, 0) is 0 Å². The first-order valence-corrected chi connectivity index (χ1v) is 6.20. The van der Waals surface area contributed by atoms with Gasteiger partial charge in [-0.3, -0.25) is 10.1 Å². The van der Waals surface area contributed by atoms with E-state index in [2.05, 4.69) is 25.4 Å². The predicted molar refractivity (Wildman–Crippen MR) is 69.2 cm³/mol. The van der Waals surface area contributed by atoms with E-state index >= 15 is 0 Å². The zero-order valence-corrected chi connectivity index (χ0v) is 10.5. The average molecular weight is 240 g/mol. The molecule has 1 rings (SSSR count). The Morgan fingerprint density at radius 1 is 1.50 bits per heavy atom. The number of hydrogen-bond donors (Lipinski definition) is 1. The zero-order chi connectivity index (χ0) is 12.2. The molecule has 4 nitrogen and oxygen atoms in total. The first kappa shape index (κ1) is 12.8. The minimum absolute atomic E-state index is 0.116. The summed E-state index contributed by atoms with van der Waals surface area (Å²) in [7, 11) is 0. The summed E-state index contributed by atoms with van der Waals surface area (Å²) in [5.41, 5.74) is 0.906. The Labute approximate surface area is 99.6 Å². The van der Waals surface area contributed by atoms with Crippen LogP contribution in [-0.4, -0.2) is 22.5 Å². The van der Waals surface area contributed by atoms with Crippen molar-refractivity contribution in [3.05, 3.63) is 34.4 Å². The second-order valence-corrected chi connectivity index (χ2v) is 5.64. The second-order valence-electron chi connectivity index (χ2n) is 4.12. The summed E-state index contributed by atoms with van der Waals surface area (Å²) in [5, 5.41) is 13.8. The van der Waals surface area contributed by atoms with E-state index in [1.54, 1.807) is 23.9 Å². The number of nitrogens with zero attached hydrogens (tertiary/aromatic N) is 1. The molecule has 0 aromatic heterocycles.